The van der Waals surface area contributed by atoms with Crippen molar-refractivity contribution >= 4 is 5.91 Å². The molecule has 2 aliphatic rings. The Bertz CT molecular complexity index is 305. The Hall–Kier alpha value is -0.570. The molecule has 3 heteroatoms. The van der Waals surface area contributed by atoms with Crippen LogP contribution in [0.5, 0.6) is 0 Å². The van der Waals surface area contributed by atoms with Gasteiger partial charge in [0.2, 0.25) is 5.91 Å². The van der Waals surface area contributed by atoms with Crippen LogP contribution in [-0.4, -0.2) is 29.4 Å². The largest absolute Gasteiger partial charge is 0.338 e. The molecule has 0 spiro atoms. The Kier molecular flexibility index (Phi) is 5.26. The van der Waals surface area contributed by atoms with E-state index in [1.54, 1.807) is 0 Å². The van der Waals surface area contributed by atoms with E-state index in [0.717, 1.165) is 44.1 Å². The van der Waals surface area contributed by atoms with Gasteiger partial charge in [-0.05, 0) is 37.5 Å². The van der Waals surface area contributed by atoms with E-state index in [9.17, 15) is 4.79 Å². The summed E-state index contributed by atoms with van der Waals surface area (Å²) in [4.78, 5) is 14.7. The molecule has 1 heterocycles. The predicted molar refractivity (Wildman–Crippen MR) is 78.7 cm³/mol. The Morgan fingerprint density at radius 1 is 1.32 bits per heavy atom. The third kappa shape index (κ3) is 3.31. The van der Waals surface area contributed by atoms with Gasteiger partial charge in [0, 0.05) is 12.6 Å². The third-order valence-corrected chi connectivity index (χ3v) is 5.21. The van der Waals surface area contributed by atoms with Crippen molar-refractivity contribution in [3.05, 3.63) is 0 Å². The summed E-state index contributed by atoms with van der Waals surface area (Å²) in [5, 5.41) is 0. The van der Waals surface area contributed by atoms with Gasteiger partial charge in [0.1, 0.15) is 0 Å². The number of nitrogens with two attached hydrogens (primary N) is 1. The zero-order valence-electron chi connectivity index (χ0n) is 12.6. The number of nitrogens with zero attached hydrogens (tertiary/aromatic N) is 1. The lowest BCUT2D eigenvalue weighted by Crippen LogP contribution is -2.56. The van der Waals surface area contributed by atoms with Crippen molar-refractivity contribution in [2.24, 2.45) is 17.6 Å². The van der Waals surface area contributed by atoms with Crippen LogP contribution in [-0.2, 0) is 4.79 Å². The summed E-state index contributed by atoms with van der Waals surface area (Å²) in [7, 11) is 0. The van der Waals surface area contributed by atoms with Crippen molar-refractivity contribution in [2.75, 3.05) is 6.54 Å². The summed E-state index contributed by atoms with van der Waals surface area (Å²) < 4.78 is 0. The SMILES string of the molecule is CCCC[C@H](N)C(=O)N1CCC(C)C2CCCCC21. The number of fused-ring (bicyclic) bond motifs is 1. The van der Waals surface area contributed by atoms with Crippen LogP contribution in [0.15, 0.2) is 0 Å². The maximum Gasteiger partial charge on any atom is 0.239 e. The minimum absolute atomic E-state index is 0.220. The minimum Gasteiger partial charge on any atom is -0.338 e. The molecule has 1 aliphatic heterocycles. The lowest BCUT2D eigenvalue weighted by atomic mass is 9.72. The van der Waals surface area contributed by atoms with Gasteiger partial charge in [0.25, 0.3) is 0 Å². The molecular weight excluding hydrogens is 236 g/mol. The Morgan fingerprint density at radius 2 is 2.05 bits per heavy atom. The third-order valence-electron chi connectivity index (χ3n) is 5.21. The van der Waals surface area contributed by atoms with Crippen LogP contribution in [0.4, 0.5) is 0 Å². The maximum absolute atomic E-state index is 12.6. The molecule has 1 amide bonds. The van der Waals surface area contributed by atoms with Gasteiger partial charge in [0.05, 0.1) is 6.04 Å². The molecule has 3 unspecified atom stereocenters. The van der Waals surface area contributed by atoms with Crippen molar-refractivity contribution in [2.45, 2.75) is 77.3 Å². The van der Waals surface area contributed by atoms with Gasteiger partial charge in [0.15, 0.2) is 0 Å². The first-order valence-electron chi connectivity index (χ1n) is 8.21. The number of carbonyl (C=O) groups is 1. The number of rotatable bonds is 4. The Morgan fingerprint density at radius 3 is 2.79 bits per heavy atom. The highest BCUT2D eigenvalue weighted by atomic mass is 16.2. The molecule has 1 saturated heterocycles. The summed E-state index contributed by atoms with van der Waals surface area (Å²) >= 11 is 0. The number of likely N-dealkylation sites (tertiary alicyclic amines) is 1. The van der Waals surface area contributed by atoms with Crippen LogP contribution >= 0.6 is 0 Å². The van der Waals surface area contributed by atoms with E-state index in [1.807, 2.05) is 0 Å². The number of piperidine rings is 1. The summed E-state index contributed by atoms with van der Waals surface area (Å²) in [6.07, 6.45) is 9.31. The van der Waals surface area contributed by atoms with Crippen molar-refractivity contribution in [3.8, 4) is 0 Å². The number of hydrogen-bond acceptors (Lipinski definition) is 2. The van der Waals surface area contributed by atoms with Crippen LogP contribution in [0, 0.1) is 11.8 Å². The van der Waals surface area contributed by atoms with Crippen LogP contribution in [0.25, 0.3) is 0 Å². The molecule has 1 saturated carbocycles. The zero-order chi connectivity index (χ0) is 13.8. The van der Waals surface area contributed by atoms with Crippen molar-refractivity contribution in [1.82, 2.24) is 4.90 Å². The zero-order valence-corrected chi connectivity index (χ0v) is 12.6. The van der Waals surface area contributed by atoms with Gasteiger partial charge in [-0.25, -0.2) is 0 Å². The highest BCUT2D eigenvalue weighted by molar-refractivity contribution is 5.82. The summed E-state index contributed by atoms with van der Waals surface area (Å²) in [6.45, 7) is 5.44. The summed E-state index contributed by atoms with van der Waals surface area (Å²) in [6, 6.07) is 0.216. The molecule has 0 bridgehead atoms. The predicted octanol–water partition coefficient (Wildman–Crippen LogP) is 2.93. The topological polar surface area (TPSA) is 46.3 Å². The highest BCUT2D eigenvalue weighted by Crippen LogP contribution is 2.38. The number of amides is 1. The lowest BCUT2D eigenvalue weighted by molar-refractivity contribution is -0.140. The fraction of sp³-hybridized carbons (Fsp3) is 0.938. The molecule has 110 valence electrons. The number of carbonyl (C=O) groups excluding carboxylic acids is 1. The molecule has 1 aliphatic carbocycles. The summed E-state index contributed by atoms with van der Waals surface area (Å²) in [5.74, 6) is 1.73. The number of unbranched alkanes of at least 4 members (excludes halogenated alkanes) is 1. The standard InChI is InChI=1S/C16H30N2O/c1-3-4-8-14(17)16(19)18-11-10-12(2)13-7-5-6-9-15(13)18/h12-15H,3-11,17H2,1-2H3/t12?,13?,14-,15?/m0/s1. The van der Waals surface area contributed by atoms with Crippen LogP contribution in [0.3, 0.4) is 0 Å². The van der Waals surface area contributed by atoms with Gasteiger partial charge in [-0.3, -0.25) is 4.79 Å². The van der Waals surface area contributed by atoms with E-state index in [-0.39, 0.29) is 11.9 Å². The van der Waals surface area contributed by atoms with E-state index in [4.69, 9.17) is 5.73 Å². The van der Waals surface area contributed by atoms with E-state index >= 15 is 0 Å². The smallest absolute Gasteiger partial charge is 0.239 e. The molecule has 3 nitrogen and oxygen atoms in total. The first kappa shape index (κ1) is 14.8. The monoisotopic (exact) mass is 266 g/mol. The second-order valence-corrected chi connectivity index (χ2v) is 6.56. The first-order chi connectivity index (χ1) is 9.15. The molecule has 0 aromatic rings. The van der Waals surface area contributed by atoms with Gasteiger partial charge < -0.3 is 10.6 Å². The van der Waals surface area contributed by atoms with Gasteiger partial charge in [-0.15, -0.1) is 0 Å². The minimum atomic E-state index is -0.268. The van der Waals surface area contributed by atoms with Gasteiger partial charge in [-0.1, -0.05) is 39.5 Å². The second-order valence-electron chi connectivity index (χ2n) is 6.56. The van der Waals surface area contributed by atoms with Crippen molar-refractivity contribution < 1.29 is 4.79 Å². The lowest BCUT2D eigenvalue weighted by Gasteiger charge is -2.48. The average Bonchev–Trinajstić information content (AvgIpc) is 2.45. The fourth-order valence-corrected chi connectivity index (χ4v) is 3.95. The van der Waals surface area contributed by atoms with Crippen molar-refractivity contribution in [3.63, 3.8) is 0 Å². The molecule has 0 aromatic heterocycles. The molecule has 19 heavy (non-hydrogen) atoms. The maximum atomic E-state index is 12.6. The second kappa shape index (κ2) is 6.74. The fourth-order valence-electron chi connectivity index (χ4n) is 3.95. The van der Waals surface area contributed by atoms with Crippen molar-refractivity contribution in [1.29, 1.82) is 0 Å². The molecule has 4 atom stereocenters. The molecule has 0 aromatic carbocycles. The van der Waals surface area contributed by atoms with Crippen LogP contribution in [0.1, 0.15) is 65.2 Å². The molecule has 0 radical (unpaired) electrons. The van der Waals surface area contributed by atoms with E-state index in [2.05, 4.69) is 18.7 Å². The molecule has 2 N–H and O–H groups in total. The Labute approximate surface area is 117 Å². The quantitative estimate of drug-likeness (QED) is 0.850. The van der Waals surface area contributed by atoms with Crippen LogP contribution < -0.4 is 5.73 Å². The molecule has 2 rings (SSSR count). The van der Waals surface area contributed by atoms with Gasteiger partial charge in [-0.2, -0.15) is 0 Å². The first-order valence-corrected chi connectivity index (χ1v) is 8.21. The number of hydrogen-bond donors (Lipinski definition) is 1. The Balaban J connectivity index is 2.00. The van der Waals surface area contributed by atoms with E-state index < -0.39 is 0 Å². The summed E-state index contributed by atoms with van der Waals surface area (Å²) in [5.41, 5.74) is 6.10. The average molecular weight is 266 g/mol. The highest BCUT2D eigenvalue weighted by Gasteiger charge is 2.40. The van der Waals surface area contributed by atoms with E-state index in [0.29, 0.717) is 6.04 Å². The normalized spacial score (nSPS) is 32.8. The van der Waals surface area contributed by atoms with Gasteiger partial charge >= 0.3 is 0 Å². The van der Waals surface area contributed by atoms with Crippen LogP contribution in [0.2, 0.25) is 0 Å². The molecular formula is C16H30N2O. The molecule has 2 fully saturated rings. The van der Waals surface area contributed by atoms with E-state index in [1.165, 1.54) is 25.7 Å².